The first-order chi connectivity index (χ1) is 7.86. The number of allylic oxidation sites excluding steroid dienone is 1. The van der Waals surface area contributed by atoms with E-state index in [1.165, 1.54) is 0 Å². The molecule has 2 aliphatic heterocycles. The Kier molecular flexibility index (Phi) is 2.98. The molecule has 2 unspecified atom stereocenters. The lowest BCUT2D eigenvalue weighted by atomic mass is 10.0. The van der Waals surface area contributed by atoms with Gasteiger partial charge in [0.05, 0.1) is 26.4 Å². The molecule has 2 atom stereocenters. The lowest BCUT2D eigenvalue weighted by Crippen LogP contribution is -2.37. The van der Waals surface area contributed by atoms with Crippen LogP contribution in [-0.2, 0) is 18.9 Å². The lowest BCUT2D eigenvalue weighted by molar-refractivity contribution is -0.214. The van der Waals surface area contributed by atoms with Gasteiger partial charge in [0.1, 0.15) is 12.2 Å². The molecule has 0 bridgehead atoms. The molecule has 0 amide bonds. The van der Waals surface area contributed by atoms with E-state index in [0.717, 1.165) is 32.5 Å². The fourth-order valence-electron chi connectivity index (χ4n) is 1.89. The quantitative estimate of drug-likeness (QED) is 0.388. The topological polar surface area (TPSA) is 43.5 Å². The fourth-order valence-corrected chi connectivity index (χ4v) is 1.89. The summed E-state index contributed by atoms with van der Waals surface area (Å²) in [5.41, 5.74) is 0. The Labute approximate surface area is 95.5 Å². The summed E-state index contributed by atoms with van der Waals surface area (Å²) in [7, 11) is 0. The molecule has 1 aliphatic carbocycles. The van der Waals surface area contributed by atoms with Crippen molar-refractivity contribution in [3.05, 3.63) is 12.2 Å². The second kappa shape index (κ2) is 4.45. The Hall–Kier alpha value is -0.420. The minimum Gasteiger partial charge on any atom is -0.371 e. The molecule has 4 nitrogen and oxygen atoms in total. The van der Waals surface area contributed by atoms with Crippen LogP contribution in [0.15, 0.2) is 12.2 Å². The van der Waals surface area contributed by atoms with Crippen LogP contribution in [0.5, 0.6) is 0 Å². The molecule has 2 heterocycles. The molecule has 0 spiro atoms. The van der Waals surface area contributed by atoms with E-state index < -0.39 is 5.79 Å². The van der Waals surface area contributed by atoms with Crippen molar-refractivity contribution >= 4 is 0 Å². The van der Waals surface area contributed by atoms with E-state index in [2.05, 4.69) is 12.2 Å². The Morgan fingerprint density at radius 1 is 1.12 bits per heavy atom. The summed E-state index contributed by atoms with van der Waals surface area (Å²) in [5.74, 6) is -0.518. The zero-order valence-electron chi connectivity index (χ0n) is 9.39. The standard InChI is InChI=1S/C12H18O4/c1-2-4-12(5-3-1,15-8-10-6-13-10)16-9-11-7-14-11/h2,4,10-11H,1,3,5-9H2. The van der Waals surface area contributed by atoms with Gasteiger partial charge >= 0.3 is 0 Å². The van der Waals surface area contributed by atoms with Gasteiger partial charge in [-0.05, 0) is 18.9 Å². The van der Waals surface area contributed by atoms with Crippen molar-refractivity contribution in [1.82, 2.24) is 0 Å². The number of hydrogen-bond donors (Lipinski definition) is 0. The minimum absolute atomic E-state index is 0.285. The van der Waals surface area contributed by atoms with Crippen molar-refractivity contribution in [3.63, 3.8) is 0 Å². The second-order valence-electron chi connectivity index (χ2n) is 4.64. The summed E-state index contributed by atoms with van der Waals surface area (Å²) in [4.78, 5) is 0. The molecule has 16 heavy (non-hydrogen) atoms. The van der Waals surface area contributed by atoms with E-state index in [1.807, 2.05) is 0 Å². The van der Waals surface area contributed by atoms with Gasteiger partial charge in [0.25, 0.3) is 0 Å². The molecule has 90 valence electrons. The van der Waals surface area contributed by atoms with Crippen LogP contribution in [0.3, 0.4) is 0 Å². The van der Waals surface area contributed by atoms with Gasteiger partial charge in [-0.2, -0.15) is 0 Å². The monoisotopic (exact) mass is 226 g/mol. The highest BCUT2D eigenvalue weighted by atomic mass is 16.7. The maximum absolute atomic E-state index is 5.88. The van der Waals surface area contributed by atoms with Gasteiger partial charge in [-0.3, -0.25) is 0 Å². The average Bonchev–Trinajstić information content (AvgIpc) is 3.18. The van der Waals surface area contributed by atoms with Crippen LogP contribution in [-0.4, -0.2) is 44.4 Å². The van der Waals surface area contributed by atoms with Crippen LogP contribution >= 0.6 is 0 Å². The highest BCUT2D eigenvalue weighted by Gasteiger charge is 2.36. The van der Waals surface area contributed by atoms with Crippen LogP contribution in [0.25, 0.3) is 0 Å². The van der Waals surface area contributed by atoms with Gasteiger partial charge in [-0.1, -0.05) is 6.08 Å². The average molecular weight is 226 g/mol. The van der Waals surface area contributed by atoms with Gasteiger partial charge in [-0.25, -0.2) is 0 Å². The van der Waals surface area contributed by atoms with Crippen LogP contribution in [0, 0.1) is 0 Å². The van der Waals surface area contributed by atoms with Gasteiger partial charge in [-0.15, -0.1) is 0 Å². The summed E-state index contributed by atoms with van der Waals surface area (Å²) in [6.45, 7) is 2.92. The molecule has 3 rings (SSSR count). The first kappa shape index (κ1) is 10.7. The van der Waals surface area contributed by atoms with Crippen molar-refractivity contribution < 1.29 is 18.9 Å². The Morgan fingerprint density at radius 3 is 2.19 bits per heavy atom. The highest BCUT2D eigenvalue weighted by molar-refractivity contribution is 5.01. The molecule has 4 heteroatoms. The SMILES string of the molecule is C1=CC(OCC2CO2)(OCC2CO2)CCC1. The largest absolute Gasteiger partial charge is 0.371 e. The molecule has 3 aliphatic rings. The second-order valence-corrected chi connectivity index (χ2v) is 4.64. The van der Waals surface area contributed by atoms with E-state index in [0.29, 0.717) is 13.2 Å². The first-order valence-electron chi connectivity index (χ1n) is 6.05. The zero-order chi connectivity index (χ0) is 10.8. The molecular formula is C12H18O4. The van der Waals surface area contributed by atoms with Crippen LogP contribution in [0.2, 0.25) is 0 Å². The van der Waals surface area contributed by atoms with E-state index in [4.69, 9.17) is 18.9 Å². The van der Waals surface area contributed by atoms with Crippen molar-refractivity contribution in [2.45, 2.75) is 37.3 Å². The fraction of sp³-hybridized carbons (Fsp3) is 0.833. The van der Waals surface area contributed by atoms with E-state index >= 15 is 0 Å². The molecular weight excluding hydrogens is 208 g/mol. The van der Waals surface area contributed by atoms with Crippen molar-refractivity contribution in [2.24, 2.45) is 0 Å². The van der Waals surface area contributed by atoms with Crippen LogP contribution < -0.4 is 0 Å². The number of ether oxygens (including phenoxy) is 4. The lowest BCUT2D eigenvalue weighted by Gasteiger charge is -2.33. The number of rotatable bonds is 6. The third-order valence-electron chi connectivity index (χ3n) is 3.10. The maximum atomic E-state index is 5.88. The maximum Gasteiger partial charge on any atom is 0.188 e. The van der Waals surface area contributed by atoms with E-state index in [-0.39, 0.29) is 12.2 Å². The molecule has 0 radical (unpaired) electrons. The Balaban J connectivity index is 1.55. The predicted molar refractivity (Wildman–Crippen MR) is 57.1 cm³/mol. The highest BCUT2D eigenvalue weighted by Crippen LogP contribution is 2.30. The normalized spacial score (nSPS) is 41.0. The smallest absolute Gasteiger partial charge is 0.188 e. The molecule has 0 saturated carbocycles. The Morgan fingerprint density at radius 2 is 1.75 bits per heavy atom. The molecule has 2 fully saturated rings. The molecule has 0 aromatic heterocycles. The predicted octanol–water partition coefficient (Wildman–Crippen LogP) is 1.25. The summed E-state index contributed by atoms with van der Waals surface area (Å²) < 4.78 is 22.1. The molecule has 2 saturated heterocycles. The first-order valence-corrected chi connectivity index (χ1v) is 6.05. The minimum atomic E-state index is -0.518. The van der Waals surface area contributed by atoms with Crippen molar-refractivity contribution in [2.75, 3.05) is 26.4 Å². The number of hydrogen-bond acceptors (Lipinski definition) is 4. The molecule has 0 aromatic carbocycles. The van der Waals surface area contributed by atoms with E-state index in [9.17, 15) is 0 Å². The van der Waals surface area contributed by atoms with Gasteiger partial charge in [0.2, 0.25) is 0 Å². The summed E-state index contributed by atoms with van der Waals surface area (Å²) in [5, 5.41) is 0. The molecule has 0 N–H and O–H groups in total. The Bertz CT molecular complexity index is 252. The van der Waals surface area contributed by atoms with Crippen molar-refractivity contribution in [3.8, 4) is 0 Å². The summed E-state index contributed by atoms with van der Waals surface area (Å²) in [6.07, 6.45) is 7.94. The third kappa shape index (κ3) is 2.83. The zero-order valence-corrected chi connectivity index (χ0v) is 9.39. The summed E-state index contributed by atoms with van der Waals surface area (Å²) >= 11 is 0. The summed E-state index contributed by atoms with van der Waals surface area (Å²) in [6, 6.07) is 0. The van der Waals surface area contributed by atoms with E-state index in [1.54, 1.807) is 0 Å². The van der Waals surface area contributed by atoms with Gasteiger partial charge < -0.3 is 18.9 Å². The number of epoxide rings is 2. The van der Waals surface area contributed by atoms with Crippen LogP contribution in [0.4, 0.5) is 0 Å². The molecule has 0 aromatic rings. The third-order valence-corrected chi connectivity index (χ3v) is 3.10. The van der Waals surface area contributed by atoms with Gasteiger partial charge in [0.15, 0.2) is 5.79 Å². The van der Waals surface area contributed by atoms with Crippen molar-refractivity contribution in [1.29, 1.82) is 0 Å². The van der Waals surface area contributed by atoms with Gasteiger partial charge in [0, 0.05) is 6.42 Å². The van der Waals surface area contributed by atoms with Crippen LogP contribution in [0.1, 0.15) is 19.3 Å².